The van der Waals surface area contributed by atoms with Crippen LogP contribution < -0.4 is 11.0 Å². The number of aryl methyl sites for hydroxylation is 1. The number of hydrogen-bond acceptors (Lipinski definition) is 3. The average Bonchev–Trinajstić information content (AvgIpc) is 3.28. The highest BCUT2D eigenvalue weighted by Crippen LogP contribution is 2.30. The van der Waals surface area contributed by atoms with Crippen LogP contribution in [0.15, 0.2) is 47.4 Å². The fraction of sp³-hybridized carbons (Fsp3) is 0.381. The van der Waals surface area contributed by atoms with E-state index in [-0.39, 0.29) is 24.2 Å². The lowest BCUT2D eigenvalue weighted by molar-refractivity contribution is -0.121. The Balaban J connectivity index is 1.56. The number of amides is 1. The Morgan fingerprint density at radius 2 is 1.93 bits per heavy atom. The van der Waals surface area contributed by atoms with Gasteiger partial charge in [0.25, 0.3) is 0 Å². The number of carbonyl (C=O) groups is 1. The minimum Gasteiger partial charge on any atom is -0.350 e. The minimum atomic E-state index is -0.174. The molecule has 6 nitrogen and oxygen atoms in total. The number of fused-ring (bicyclic) bond motifs is 1. The normalized spacial score (nSPS) is 14.7. The van der Waals surface area contributed by atoms with Crippen LogP contribution in [-0.4, -0.2) is 20.0 Å². The number of carbonyl (C=O) groups excluding carboxylic acids is 1. The predicted molar refractivity (Wildman–Crippen MR) is 105 cm³/mol. The maximum Gasteiger partial charge on any atom is 0.331 e. The number of benzene rings is 1. The van der Waals surface area contributed by atoms with Crippen molar-refractivity contribution in [3.8, 4) is 0 Å². The summed E-state index contributed by atoms with van der Waals surface area (Å²) in [5.74, 6) is -0.174. The van der Waals surface area contributed by atoms with Crippen LogP contribution in [0, 0.1) is 6.92 Å². The van der Waals surface area contributed by atoms with Crippen LogP contribution in [-0.2, 0) is 17.9 Å². The summed E-state index contributed by atoms with van der Waals surface area (Å²) in [7, 11) is 0. The van der Waals surface area contributed by atoms with Gasteiger partial charge in [-0.15, -0.1) is 0 Å². The predicted octanol–water partition coefficient (Wildman–Crippen LogP) is 2.94. The zero-order valence-corrected chi connectivity index (χ0v) is 15.5. The summed E-state index contributed by atoms with van der Waals surface area (Å²) in [4.78, 5) is 29.9. The molecular weight excluding hydrogens is 340 g/mol. The second-order valence-corrected chi connectivity index (χ2v) is 7.29. The molecule has 0 saturated heterocycles. The fourth-order valence-electron chi connectivity index (χ4n) is 3.86. The van der Waals surface area contributed by atoms with Crippen LogP contribution in [0.1, 0.15) is 42.9 Å². The van der Waals surface area contributed by atoms with Crippen LogP contribution in [0.2, 0.25) is 0 Å². The topological polar surface area (TPSA) is 68.9 Å². The molecule has 1 fully saturated rings. The number of rotatable bonds is 5. The van der Waals surface area contributed by atoms with Gasteiger partial charge in [-0.2, -0.15) is 0 Å². The highest BCUT2D eigenvalue weighted by Gasteiger charge is 2.24. The molecule has 4 rings (SSSR count). The van der Waals surface area contributed by atoms with Crippen molar-refractivity contribution < 1.29 is 4.79 Å². The molecule has 140 valence electrons. The van der Waals surface area contributed by atoms with Crippen molar-refractivity contribution in [1.82, 2.24) is 19.4 Å². The summed E-state index contributed by atoms with van der Waals surface area (Å²) < 4.78 is 3.33. The maximum atomic E-state index is 13.0. The largest absolute Gasteiger partial charge is 0.350 e. The standard InChI is InChI=1S/C21H24N4O2/c1-15-8-10-16(11-9-15)13-23-19(26)14-24-18-7-4-12-22-20(18)25(21(24)27)17-5-2-3-6-17/h4,7-12,17H,2-3,5-6,13-14H2,1H3,(H,23,26). The summed E-state index contributed by atoms with van der Waals surface area (Å²) in [6.45, 7) is 2.49. The molecule has 0 unspecified atom stereocenters. The first-order valence-electron chi connectivity index (χ1n) is 9.51. The van der Waals surface area contributed by atoms with Gasteiger partial charge in [-0.25, -0.2) is 9.78 Å². The third-order valence-electron chi connectivity index (χ3n) is 5.32. The molecule has 2 heterocycles. The SMILES string of the molecule is Cc1ccc(CNC(=O)Cn2c(=O)n(C3CCCC3)c3ncccc32)cc1. The van der Waals surface area contributed by atoms with Gasteiger partial charge in [0, 0.05) is 18.8 Å². The van der Waals surface area contributed by atoms with E-state index >= 15 is 0 Å². The van der Waals surface area contributed by atoms with Crippen LogP contribution in [0.5, 0.6) is 0 Å². The number of imidazole rings is 1. The minimum absolute atomic E-state index is 0.00656. The van der Waals surface area contributed by atoms with Gasteiger partial charge in [0.05, 0.1) is 5.52 Å². The van der Waals surface area contributed by atoms with Crippen LogP contribution in [0.4, 0.5) is 0 Å². The fourth-order valence-corrected chi connectivity index (χ4v) is 3.86. The molecule has 0 atom stereocenters. The molecule has 0 bridgehead atoms. The van der Waals surface area contributed by atoms with E-state index in [1.165, 1.54) is 5.56 Å². The van der Waals surface area contributed by atoms with Gasteiger partial charge in [0.2, 0.25) is 5.91 Å². The van der Waals surface area contributed by atoms with E-state index in [9.17, 15) is 9.59 Å². The maximum absolute atomic E-state index is 13.0. The second kappa shape index (κ2) is 7.39. The molecule has 1 saturated carbocycles. The van der Waals surface area contributed by atoms with Crippen molar-refractivity contribution in [3.63, 3.8) is 0 Å². The van der Waals surface area contributed by atoms with Crippen LogP contribution in [0.3, 0.4) is 0 Å². The molecule has 27 heavy (non-hydrogen) atoms. The Morgan fingerprint density at radius 3 is 2.67 bits per heavy atom. The number of nitrogens with zero attached hydrogens (tertiary/aromatic N) is 3. The lowest BCUT2D eigenvalue weighted by Gasteiger charge is -2.10. The smallest absolute Gasteiger partial charge is 0.331 e. The Bertz CT molecular complexity index is 1010. The number of nitrogens with one attached hydrogen (secondary N) is 1. The third-order valence-corrected chi connectivity index (χ3v) is 5.32. The summed E-state index contributed by atoms with van der Waals surface area (Å²) in [5.41, 5.74) is 3.49. The lowest BCUT2D eigenvalue weighted by atomic mass is 10.1. The zero-order chi connectivity index (χ0) is 18.8. The van der Waals surface area contributed by atoms with E-state index in [2.05, 4.69) is 10.3 Å². The lowest BCUT2D eigenvalue weighted by Crippen LogP contribution is -2.33. The summed E-state index contributed by atoms with van der Waals surface area (Å²) in [5, 5.41) is 2.91. The first-order valence-corrected chi connectivity index (χ1v) is 9.51. The number of pyridine rings is 1. The summed E-state index contributed by atoms with van der Waals surface area (Å²) >= 11 is 0. The molecule has 1 N–H and O–H groups in total. The highest BCUT2D eigenvalue weighted by molar-refractivity contribution is 5.79. The van der Waals surface area contributed by atoms with Gasteiger partial charge in [0.1, 0.15) is 6.54 Å². The van der Waals surface area contributed by atoms with E-state index in [1.54, 1.807) is 15.3 Å². The second-order valence-electron chi connectivity index (χ2n) is 7.29. The summed E-state index contributed by atoms with van der Waals surface area (Å²) in [6, 6.07) is 11.9. The van der Waals surface area contributed by atoms with Gasteiger partial charge in [-0.05, 0) is 37.5 Å². The highest BCUT2D eigenvalue weighted by atomic mass is 16.2. The number of hydrogen-bond donors (Lipinski definition) is 1. The van der Waals surface area contributed by atoms with Gasteiger partial charge in [-0.3, -0.25) is 13.9 Å². The molecule has 1 aliphatic rings. The molecule has 0 radical (unpaired) electrons. The third kappa shape index (κ3) is 3.52. The van der Waals surface area contributed by atoms with Crippen molar-refractivity contribution in [3.05, 3.63) is 64.2 Å². The van der Waals surface area contributed by atoms with E-state index in [0.717, 1.165) is 36.8 Å². The Hall–Kier alpha value is -2.89. The van der Waals surface area contributed by atoms with Crippen molar-refractivity contribution >= 4 is 17.1 Å². The Morgan fingerprint density at radius 1 is 1.19 bits per heavy atom. The molecule has 6 heteroatoms. The van der Waals surface area contributed by atoms with Gasteiger partial charge >= 0.3 is 5.69 Å². The quantitative estimate of drug-likeness (QED) is 0.757. The molecule has 0 aliphatic heterocycles. The first kappa shape index (κ1) is 17.5. The molecule has 0 spiro atoms. The zero-order valence-electron chi connectivity index (χ0n) is 15.5. The molecule has 1 aromatic carbocycles. The Kier molecular flexibility index (Phi) is 4.79. The van der Waals surface area contributed by atoms with Crippen molar-refractivity contribution in [1.29, 1.82) is 0 Å². The molecule has 2 aromatic heterocycles. The Labute approximate surface area is 157 Å². The number of aromatic nitrogens is 3. The van der Waals surface area contributed by atoms with Crippen molar-refractivity contribution in [2.75, 3.05) is 0 Å². The van der Waals surface area contributed by atoms with Crippen molar-refractivity contribution in [2.45, 2.75) is 51.7 Å². The van der Waals surface area contributed by atoms with E-state index in [0.29, 0.717) is 12.2 Å². The van der Waals surface area contributed by atoms with Crippen molar-refractivity contribution in [2.24, 2.45) is 0 Å². The van der Waals surface area contributed by atoms with Crippen LogP contribution in [0.25, 0.3) is 11.2 Å². The summed E-state index contributed by atoms with van der Waals surface area (Å²) in [6.07, 6.45) is 5.96. The molecule has 1 amide bonds. The first-order chi connectivity index (χ1) is 13.1. The van der Waals surface area contributed by atoms with Gasteiger partial charge in [0.15, 0.2) is 5.65 Å². The van der Waals surface area contributed by atoms with E-state index < -0.39 is 0 Å². The molecule has 1 aliphatic carbocycles. The van der Waals surface area contributed by atoms with Crippen LogP contribution >= 0.6 is 0 Å². The monoisotopic (exact) mass is 364 g/mol. The van der Waals surface area contributed by atoms with E-state index in [1.807, 2.05) is 43.3 Å². The van der Waals surface area contributed by atoms with E-state index in [4.69, 9.17) is 0 Å². The molecule has 3 aromatic rings. The van der Waals surface area contributed by atoms with Gasteiger partial charge < -0.3 is 5.32 Å². The average molecular weight is 364 g/mol. The van der Waals surface area contributed by atoms with Gasteiger partial charge in [-0.1, -0.05) is 42.7 Å². The molecular formula is C21H24N4O2.